The van der Waals surface area contributed by atoms with Crippen molar-refractivity contribution in [3.05, 3.63) is 71.9 Å². The van der Waals surface area contributed by atoms with E-state index >= 15 is 4.79 Å². The SMILES string of the molecule is CC[C@H](C)[C@@H]1NC(=O)[C@H](Cc2ccccc2)NC(=O)C(Cc2c[nH]c3ccccc23)NC(=O)CC2(CCCCC2)SSC[C@@H](C(=O)N2CCC[C@H]2C(=O)N[C@@H](CCCN=C(N)N)C(=O)NCC(N)=O)NC(=O)C(CC(N)=O)NC1=O. The number of aromatic nitrogens is 1. The van der Waals surface area contributed by atoms with Crippen molar-refractivity contribution < 1.29 is 47.9 Å². The number of guanidine groups is 1. The minimum absolute atomic E-state index is 0.00674. The second-order valence-corrected chi connectivity index (χ2v) is 23.6. The molecular weight excluding hydrogens is 1070 g/mol. The van der Waals surface area contributed by atoms with Crippen molar-refractivity contribution in [1.29, 1.82) is 0 Å². The quantitative estimate of drug-likeness (QED) is 0.0343. The lowest BCUT2D eigenvalue weighted by Gasteiger charge is -2.37. The maximum Gasteiger partial charge on any atom is 0.246 e. The number of hydrogen-bond acceptors (Lipinski definition) is 13. The van der Waals surface area contributed by atoms with E-state index in [1.54, 1.807) is 50.4 Å². The molecule has 2 aromatic carbocycles. The maximum absolute atomic E-state index is 15.0. The molecule has 80 heavy (non-hydrogen) atoms. The molecular formula is C54H76N14O10S2. The number of nitrogens with two attached hydrogens (primary N) is 4. The van der Waals surface area contributed by atoms with Gasteiger partial charge in [0, 0.05) is 60.0 Å². The lowest BCUT2D eigenvalue weighted by atomic mass is 9.85. The second-order valence-electron chi connectivity index (χ2n) is 20.8. The number of carbonyl (C=O) groups is 10. The van der Waals surface area contributed by atoms with Crippen LogP contribution in [0.4, 0.5) is 0 Å². The molecule has 10 amide bonds. The number of aromatic amines is 1. The number of nitrogens with one attached hydrogen (secondary N) is 8. The minimum Gasteiger partial charge on any atom is -0.370 e. The van der Waals surface area contributed by atoms with Gasteiger partial charge in [-0.05, 0) is 61.6 Å². The number of H-pyrrole nitrogens is 1. The lowest BCUT2D eigenvalue weighted by molar-refractivity contribution is -0.142. The number of aliphatic imine (C=N–C) groups is 1. The normalized spacial score (nSPS) is 23.2. The summed E-state index contributed by atoms with van der Waals surface area (Å²) in [5.41, 5.74) is 24.2. The Morgan fingerprint density at radius 1 is 0.787 bits per heavy atom. The Balaban J connectivity index is 1.36. The summed E-state index contributed by atoms with van der Waals surface area (Å²) in [6, 6.07) is 7.35. The van der Waals surface area contributed by atoms with E-state index < -0.39 is 125 Å². The second kappa shape index (κ2) is 29.7. The summed E-state index contributed by atoms with van der Waals surface area (Å²) in [6.07, 6.45) is 5.94. The highest BCUT2D eigenvalue weighted by atomic mass is 33.1. The zero-order valence-corrected chi connectivity index (χ0v) is 46.9. The van der Waals surface area contributed by atoms with E-state index in [0.29, 0.717) is 31.2 Å². The maximum atomic E-state index is 15.0. The molecule has 24 nitrogen and oxygen atoms in total. The van der Waals surface area contributed by atoms with Crippen molar-refractivity contribution in [2.75, 3.05) is 25.4 Å². The van der Waals surface area contributed by atoms with E-state index in [1.807, 2.05) is 24.3 Å². The number of benzene rings is 2. The molecule has 2 unspecified atom stereocenters. The van der Waals surface area contributed by atoms with Crippen molar-refractivity contribution >= 4 is 97.5 Å². The summed E-state index contributed by atoms with van der Waals surface area (Å²) in [7, 11) is 2.61. The molecule has 2 saturated heterocycles. The van der Waals surface area contributed by atoms with Crippen LogP contribution in [0.25, 0.3) is 10.9 Å². The van der Waals surface area contributed by atoms with Crippen molar-refractivity contribution in [3.8, 4) is 0 Å². The summed E-state index contributed by atoms with van der Waals surface area (Å²) in [5.74, 6) is -8.35. The molecule has 1 aliphatic carbocycles. The Hall–Kier alpha value is -7.35. The number of fused-ring (bicyclic) bond motifs is 1. The van der Waals surface area contributed by atoms with Gasteiger partial charge in [0.15, 0.2) is 5.96 Å². The summed E-state index contributed by atoms with van der Waals surface area (Å²) < 4.78 is -0.711. The van der Waals surface area contributed by atoms with Crippen LogP contribution in [0.2, 0.25) is 0 Å². The van der Waals surface area contributed by atoms with Crippen LogP contribution < -0.4 is 60.2 Å². The van der Waals surface area contributed by atoms with E-state index in [-0.39, 0.29) is 63.3 Å². The molecule has 2 aliphatic heterocycles. The first-order chi connectivity index (χ1) is 38.3. The average molecular weight is 1150 g/mol. The smallest absolute Gasteiger partial charge is 0.246 e. The van der Waals surface area contributed by atoms with Crippen LogP contribution in [0, 0.1) is 5.92 Å². The van der Waals surface area contributed by atoms with Crippen LogP contribution in [0.1, 0.15) is 102 Å². The highest BCUT2D eigenvalue weighted by Gasteiger charge is 2.43. The average Bonchev–Trinajstić information content (AvgIpc) is 4.15. The van der Waals surface area contributed by atoms with Gasteiger partial charge in [0.1, 0.15) is 42.3 Å². The lowest BCUT2D eigenvalue weighted by Crippen LogP contribution is -2.62. The largest absolute Gasteiger partial charge is 0.370 e. The molecule has 0 radical (unpaired) electrons. The molecule has 26 heteroatoms. The van der Waals surface area contributed by atoms with Crippen LogP contribution in [-0.2, 0) is 60.8 Å². The molecule has 0 bridgehead atoms. The highest BCUT2D eigenvalue weighted by molar-refractivity contribution is 8.77. The molecule has 8 atom stereocenters. The number of likely N-dealkylation sites (tertiary alicyclic amines) is 1. The molecule has 6 rings (SSSR count). The van der Waals surface area contributed by atoms with Crippen LogP contribution in [-0.4, -0.2) is 147 Å². The molecule has 1 aromatic heterocycles. The van der Waals surface area contributed by atoms with Gasteiger partial charge in [-0.25, -0.2) is 0 Å². The number of hydrogen-bond donors (Lipinski definition) is 12. The van der Waals surface area contributed by atoms with Crippen LogP contribution in [0.3, 0.4) is 0 Å². The molecule has 1 saturated carbocycles. The van der Waals surface area contributed by atoms with E-state index in [1.165, 1.54) is 26.5 Å². The number of amides is 10. The van der Waals surface area contributed by atoms with Gasteiger partial charge in [-0.1, -0.05) is 110 Å². The molecule has 3 fully saturated rings. The Bertz CT molecular complexity index is 2740. The fraction of sp³-hybridized carbons (Fsp3) is 0.537. The molecule has 1 spiro atoms. The van der Waals surface area contributed by atoms with Gasteiger partial charge in [0.25, 0.3) is 0 Å². The first kappa shape index (κ1) is 61.9. The van der Waals surface area contributed by atoms with Crippen LogP contribution >= 0.6 is 21.6 Å². The summed E-state index contributed by atoms with van der Waals surface area (Å²) >= 11 is 0. The summed E-state index contributed by atoms with van der Waals surface area (Å²) in [5, 5.41) is 20.1. The van der Waals surface area contributed by atoms with E-state index in [4.69, 9.17) is 22.9 Å². The Morgan fingerprint density at radius 3 is 2.16 bits per heavy atom. The van der Waals surface area contributed by atoms with E-state index in [0.717, 1.165) is 35.7 Å². The molecule has 434 valence electrons. The number of para-hydroxylation sites is 1. The van der Waals surface area contributed by atoms with Gasteiger partial charge >= 0.3 is 0 Å². The monoisotopic (exact) mass is 1140 g/mol. The van der Waals surface area contributed by atoms with Gasteiger partial charge in [-0.15, -0.1) is 0 Å². The summed E-state index contributed by atoms with van der Waals surface area (Å²) in [6.45, 7) is 3.19. The molecule has 16 N–H and O–H groups in total. The van der Waals surface area contributed by atoms with Crippen molar-refractivity contribution in [3.63, 3.8) is 0 Å². The fourth-order valence-electron chi connectivity index (χ4n) is 10.2. The zero-order chi connectivity index (χ0) is 57.9. The number of nitrogens with zero attached hydrogens (tertiary/aromatic N) is 2. The third-order valence-electron chi connectivity index (χ3n) is 14.7. The van der Waals surface area contributed by atoms with Crippen molar-refractivity contribution in [2.24, 2.45) is 33.8 Å². The third kappa shape index (κ3) is 17.8. The van der Waals surface area contributed by atoms with Gasteiger partial charge in [0.2, 0.25) is 59.1 Å². The standard InChI is InChI=1S/C54H76N14O10S2/c1-3-31(2)45-51(77)65-39(26-42(55)69)48(74)66-40(52(78)68-23-13-19-41(68)50(76)63-36(18-12-22-59-53(57)58)46(72)61-29-43(56)70)30-79-80-54(20-10-5-11-21-54)27-44(71)62-38(25-33-28-60-35-17-9-8-16-34(33)35)47(73)64-37(49(75)67-45)24-32-14-6-4-7-15-32/h4,6-9,14-17,28,31,36-41,45,60H,3,5,10-13,18-27,29-30H2,1-2H3,(H2,55,69)(H2,56,70)(H,61,72)(H,62,71)(H,63,76)(H,64,73)(H,65,77)(H,66,74)(H,67,75)(H4,57,58,59)/t31-,36-,37-,38?,39?,40-,41-,45-/m0/s1. The molecule has 3 heterocycles. The van der Waals surface area contributed by atoms with Crippen LogP contribution in [0.15, 0.2) is 65.8 Å². The number of primary amides is 2. The first-order valence-electron chi connectivity index (χ1n) is 27.2. The van der Waals surface area contributed by atoms with Crippen molar-refractivity contribution in [1.82, 2.24) is 47.1 Å². The van der Waals surface area contributed by atoms with Gasteiger partial charge in [0.05, 0.1) is 13.0 Å². The molecule has 3 aromatic rings. The highest BCUT2D eigenvalue weighted by Crippen LogP contribution is 2.48. The fourth-order valence-corrected chi connectivity index (χ4v) is 13.6. The Morgan fingerprint density at radius 2 is 1.46 bits per heavy atom. The Labute approximate surface area is 472 Å². The topological polar surface area (TPSA) is 390 Å². The minimum atomic E-state index is -1.66. The number of carbonyl (C=O) groups excluding carboxylic acids is 10. The van der Waals surface area contributed by atoms with Gasteiger partial charge < -0.3 is 70.0 Å². The van der Waals surface area contributed by atoms with Gasteiger partial charge in [-0.3, -0.25) is 52.9 Å². The van der Waals surface area contributed by atoms with Gasteiger partial charge in [-0.2, -0.15) is 0 Å². The Kier molecular flexibility index (Phi) is 23.0. The van der Waals surface area contributed by atoms with Crippen molar-refractivity contribution in [2.45, 2.75) is 151 Å². The summed E-state index contributed by atoms with van der Waals surface area (Å²) in [4.78, 5) is 148. The van der Waals surface area contributed by atoms with E-state index in [2.05, 4.69) is 47.2 Å². The first-order valence-corrected chi connectivity index (χ1v) is 29.5. The number of rotatable bonds is 18. The van der Waals surface area contributed by atoms with Crippen LogP contribution in [0.5, 0.6) is 0 Å². The zero-order valence-electron chi connectivity index (χ0n) is 45.2. The third-order valence-corrected chi connectivity index (χ3v) is 18.0. The predicted molar refractivity (Wildman–Crippen MR) is 304 cm³/mol. The van der Waals surface area contributed by atoms with E-state index in [9.17, 15) is 43.2 Å². The predicted octanol–water partition coefficient (Wildman–Crippen LogP) is -0.0825. The molecule has 3 aliphatic rings.